The summed E-state index contributed by atoms with van der Waals surface area (Å²) in [6.45, 7) is 0. The van der Waals surface area contributed by atoms with Crippen LogP contribution in [-0.4, -0.2) is 5.11 Å². The Morgan fingerprint density at radius 3 is 1.94 bits per heavy atom. The molecule has 0 amide bonds. The molecule has 2 rings (SSSR count). The third-order valence-electron chi connectivity index (χ3n) is 2.45. The van der Waals surface area contributed by atoms with Gasteiger partial charge in [-0.15, -0.1) is 0 Å². The van der Waals surface area contributed by atoms with E-state index in [0.717, 1.165) is 15.6 Å². The van der Waals surface area contributed by atoms with Gasteiger partial charge in [0.15, 0.2) is 5.75 Å². The zero-order chi connectivity index (χ0) is 13.0. The predicted molar refractivity (Wildman–Crippen MR) is 77.4 cm³/mol. The summed E-state index contributed by atoms with van der Waals surface area (Å²) in [6, 6.07) is 14.0. The maximum Gasteiger partial charge on any atom is 0.220 e. The van der Waals surface area contributed by atoms with Crippen LogP contribution in [0.5, 0.6) is 5.75 Å². The number of hydrogen-bond acceptors (Lipinski definition) is 2. The Balaban J connectivity index is 2.27. The van der Waals surface area contributed by atoms with E-state index in [-0.39, 0.29) is 11.2 Å². The van der Waals surface area contributed by atoms with Crippen LogP contribution < -0.4 is 5.43 Å². The predicted octanol–water partition coefficient (Wildman–Crippen LogP) is 3.69. The first kappa shape index (κ1) is 12.6. The maximum atomic E-state index is 11.2. The van der Waals surface area contributed by atoms with E-state index in [1.54, 1.807) is 12.1 Å². The van der Waals surface area contributed by atoms with Crippen molar-refractivity contribution in [1.29, 1.82) is 0 Å². The molecule has 0 atom stereocenters. The van der Waals surface area contributed by atoms with E-state index in [0.29, 0.717) is 0 Å². The number of halogens is 1. The smallest absolute Gasteiger partial charge is 0.220 e. The fraction of sp³-hybridized carbons (Fsp3) is 0. The van der Waals surface area contributed by atoms with E-state index in [1.165, 1.54) is 12.1 Å². The Labute approximate surface area is 113 Å². The zero-order valence-corrected chi connectivity index (χ0v) is 11.1. The number of rotatable bonds is 2. The Kier molecular flexibility index (Phi) is 3.95. The topological polar surface area (TPSA) is 37.3 Å². The summed E-state index contributed by atoms with van der Waals surface area (Å²) in [6.07, 6.45) is 3.84. The molecule has 0 radical (unpaired) electrons. The Morgan fingerprint density at radius 1 is 0.833 bits per heavy atom. The van der Waals surface area contributed by atoms with Crippen LogP contribution in [0.2, 0.25) is 0 Å². The molecule has 3 heteroatoms. The van der Waals surface area contributed by atoms with Crippen LogP contribution >= 0.6 is 15.9 Å². The highest BCUT2D eigenvalue weighted by molar-refractivity contribution is 9.10. The molecule has 0 bridgehead atoms. The van der Waals surface area contributed by atoms with Crippen molar-refractivity contribution in [2.75, 3.05) is 0 Å². The SMILES string of the molecule is O=c1ccc(/C=C/c2ccc(Br)cc2)ccc1O. The summed E-state index contributed by atoms with van der Waals surface area (Å²) in [5.74, 6) is -0.238. The van der Waals surface area contributed by atoms with Crippen molar-refractivity contribution < 1.29 is 5.11 Å². The Hall–Kier alpha value is -1.87. The van der Waals surface area contributed by atoms with Gasteiger partial charge in [-0.3, -0.25) is 4.79 Å². The molecule has 0 saturated carbocycles. The summed E-state index contributed by atoms with van der Waals surface area (Å²) < 4.78 is 1.03. The summed E-state index contributed by atoms with van der Waals surface area (Å²) in [4.78, 5) is 11.2. The van der Waals surface area contributed by atoms with Gasteiger partial charge in [0, 0.05) is 4.47 Å². The van der Waals surface area contributed by atoms with Gasteiger partial charge >= 0.3 is 0 Å². The van der Waals surface area contributed by atoms with Gasteiger partial charge in [-0.25, -0.2) is 0 Å². The first-order valence-corrected chi connectivity index (χ1v) is 6.21. The highest BCUT2D eigenvalue weighted by Gasteiger charge is 1.92. The lowest BCUT2D eigenvalue weighted by molar-refractivity contribution is 0.471. The normalized spacial score (nSPS) is 10.7. The second-order valence-electron chi connectivity index (χ2n) is 3.80. The minimum Gasteiger partial charge on any atom is -0.504 e. The lowest BCUT2D eigenvalue weighted by Gasteiger charge is -1.93. The number of aromatic hydroxyl groups is 1. The molecule has 0 aliphatic heterocycles. The fourth-order valence-corrected chi connectivity index (χ4v) is 1.71. The molecule has 0 heterocycles. The summed E-state index contributed by atoms with van der Waals surface area (Å²) in [7, 11) is 0. The van der Waals surface area contributed by atoms with Gasteiger partial charge in [0.2, 0.25) is 5.43 Å². The quantitative estimate of drug-likeness (QED) is 0.919. The van der Waals surface area contributed by atoms with Crippen molar-refractivity contribution >= 4 is 28.1 Å². The van der Waals surface area contributed by atoms with E-state index < -0.39 is 0 Å². The van der Waals surface area contributed by atoms with Crippen molar-refractivity contribution in [1.82, 2.24) is 0 Å². The van der Waals surface area contributed by atoms with E-state index >= 15 is 0 Å². The molecule has 2 nitrogen and oxygen atoms in total. The number of hydrogen-bond donors (Lipinski definition) is 1. The van der Waals surface area contributed by atoms with Gasteiger partial charge in [0.25, 0.3) is 0 Å². The lowest BCUT2D eigenvalue weighted by Crippen LogP contribution is -1.91. The lowest BCUT2D eigenvalue weighted by atomic mass is 10.2. The van der Waals surface area contributed by atoms with Gasteiger partial charge in [0.05, 0.1) is 0 Å². The third-order valence-corrected chi connectivity index (χ3v) is 2.98. The zero-order valence-electron chi connectivity index (χ0n) is 9.51. The number of benzene rings is 1. The first-order valence-electron chi connectivity index (χ1n) is 5.42. The van der Waals surface area contributed by atoms with Gasteiger partial charge < -0.3 is 5.11 Å². The van der Waals surface area contributed by atoms with Crippen molar-refractivity contribution in [3.8, 4) is 5.75 Å². The average molecular weight is 303 g/mol. The molecule has 2 aromatic rings. The van der Waals surface area contributed by atoms with Crippen molar-refractivity contribution in [2.24, 2.45) is 0 Å². The van der Waals surface area contributed by atoms with E-state index in [1.807, 2.05) is 36.4 Å². The molecule has 18 heavy (non-hydrogen) atoms. The fourth-order valence-electron chi connectivity index (χ4n) is 1.45. The molecule has 90 valence electrons. The van der Waals surface area contributed by atoms with Gasteiger partial charge in [0.1, 0.15) is 0 Å². The minimum atomic E-state index is -0.377. The monoisotopic (exact) mass is 302 g/mol. The van der Waals surface area contributed by atoms with Gasteiger partial charge in [-0.1, -0.05) is 52.3 Å². The minimum absolute atomic E-state index is 0.238. The second kappa shape index (κ2) is 5.65. The molecule has 0 spiro atoms. The van der Waals surface area contributed by atoms with Crippen molar-refractivity contribution in [3.05, 3.63) is 74.4 Å². The molecular formula is C15H11BrO2. The summed E-state index contributed by atoms with van der Waals surface area (Å²) in [5, 5.41) is 9.28. The molecule has 0 aliphatic carbocycles. The highest BCUT2D eigenvalue weighted by atomic mass is 79.9. The van der Waals surface area contributed by atoms with Gasteiger partial charge in [-0.05, 0) is 35.4 Å². The molecule has 0 aromatic heterocycles. The first-order chi connectivity index (χ1) is 8.65. The molecule has 2 aromatic carbocycles. The maximum absolute atomic E-state index is 11.2. The molecule has 0 aliphatic rings. The van der Waals surface area contributed by atoms with E-state index in [2.05, 4.69) is 15.9 Å². The molecular weight excluding hydrogens is 292 g/mol. The molecule has 1 N–H and O–H groups in total. The summed E-state index contributed by atoms with van der Waals surface area (Å²) >= 11 is 3.38. The highest BCUT2D eigenvalue weighted by Crippen LogP contribution is 2.13. The Bertz CT molecular complexity index is 631. The van der Waals surface area contributed by atoms with Crippen LogP contribution in [0.1, 0.15) is 11.1 Å². The van der Waals surface area contributed by atoms with Crippen LogP contribution in [0.25, 0.3) is 12.2 Å². The van der Waals surface area contributed by atoms with Crippen LogP contribution in [-0.2, 0) is 0 Å². The molecule has 0 unspecified atom stereocenters. The van der Waals surface area contributed by atoms with Gasteiger partial charge in [-0.2, -0.15) is 0 Å². The van der Waals surface area contributed by atoms with E-state index in [9.17, 15) is 9.90 Å². The molecule has 0 fully saturated rings. The Morgan fingerprint density at radius 2 is 1.33 bits per heavy atom. The van der Waals surface area contributed by atoms with Crippen LogP contribution in [0.3, 0.4) is 0 Å². The van der Waals surface area contributed by atoms with Crippen molar-refractivity contribution in [3.63, 3.8) is 0 Å². The standard InChI is InChI=1S/C15H11BrO2/c16-13-7-3-11(4-8-13)1-2-12-5-9-14(17)15(18)10-6-12/h1-10H,(H,17,18)/b2-1+. The van der Waals surface area contributed by atoms with Crippen LogP contribution in [0.15, 0.2) is 57.8 Å². The van der Waals surface area contributed by atoms with Crippen LogP contribution in [0, 0.1) is 0 Å². The third kappa shape index (κ3) is 3.31. The molecule has 0 saturated heterocycles. The second-order valence-corrected chi connectivity index (χ2v) is 4.72. The van der Waals surface area contributed by atoms with E-state index in [4.69, 9.17) is 0 Å². The average Bonchev–Trinajstić information content (AvgIpc) is 2.53. The van der Waals surface area contributed by atoms with Crippen molar-refractivity contribution in [2.45, 2.75) is 0 Å². The largest absolute Gasteiger partial charge is 0.504 e. The van der Waals surface area contributed by atoms with Crippen LogP contribution in [0.4, 0.5) is 0 Å². The summed E-state index contributed by atoms with van der Waals surface area (Å²) in [5.41, 5.74) is 1.55.